The van der Waals surface area contributed by atoms with Gasteiger partial charge in [0.1, 0.15) is 11.8 Å². The minimum absolute atomic E-state index is 0.236. The molecule has 1 aliphatic rings. The average Bonchev–Trinajstić information content (AvgIpc) is 3.38. The van der Waals surface area contributed by atoms with Crippen molar-refractivity contribution in [2.24, 2.45) is 0 Å². The molecule has 0 radical (unpaired) electrons. The molecule has 0 unspecified atom stereocenters. The van der Waals surface area contributed by atoms with Gasteiger partial charge < -0.3 is 10.4 Å². The molecular weight excluding hydrogens is 400 g/mol. The number of hydrogen-bond donors (Lipinski definition) is 2. The van der Waals surface area contributed by atoms with Crippen LogP contribution in [0.25, 0.3) is 22.7 Å². The van der Waals surface area contributed by atoms with Gasteiger partial charge in [0.25, 0.3) is 5.91 Å². The summed E-state index contributed by atoms with van der Waals surface area (Å²) in [6.07, 6.45) is 0.552. The Labute approximate surface area is 184 Å². The highest BCUT2D eigenvalue weighted by atomic mass is 16.3. The normalized spacial score (nSPS) is 12.3. The lowest BCUT2D eigenvalue weighted by atomic mass is 10.1. The largest absolute Gasteiger partial charge is 0.504 e. The van der Waals surface area contributed by atoms with Crippen molar-refractivity contribution in [2.75, 3.05) is 5.32 Å². The molecule has 4 aromatic rings. The van der Waals surface area contributed by atoms with Gasteiger partial charge in [0.05, 0.1) is 11.4 Å². The molecule has 6 heteroatoms. The zero-order valence-corrected chi connectivity index (χ0v) is 17.0. The molecule has 1 aromatic heterocycles. The molecule has 1 heterocycles. The molecule has 0 saturated carbocycles. The number of fused-ring (bicyclic) bond motifs is 3. The van der Waals surface area contributed by atoms with Crippen LogP contribution in [0.3, 0.4) is 0 Å². The predicted molar refractivity (Wildman–Crippen MR) is 122 cm³/mol. The summed E-state index contributed by atoms with van der Waals surface area (Å²) in [5, 5.41) is 28.0. The minimum atomic E-state index is -0.685. The van der Waals surface area contributed by atoms with Gasteiger partial charge in [-0.25, -0.2) is 4.68 Å². The van der Waals surface area contributed by atoms with Gasteiger partial charge >= 0.3 is 0 Å². The third-order valence-electron chi connectivity index (χ3n) is 5.46. The van der Waals surface area contributed by atoms with E-state index in [4.69, 9.17) is 0 Å². The second kappa shape index (κ2) is 7.89. The molecule has 0 saturated heterocycles. The fourth-order valence-corrected chi connectivity index (χ4v) is 3.98. The molecule has 6 nitrogen and oxygen atoms in total. The molecule has 0 atom stereocenters. The number of aliphatic hydroxyl groups is 1. The van der Waals surface area contributed by atoms with E-state index < -0.39 is 11.7 Å². The predicted octanol–water partition coefficient (Wildman–Crippen LogP) is 4.87. The molecule has 0 aliphatic heterocycles. The van der Waals surface area contributed by atoms with Crippen LogP contribution in [0.4, 0.5) is 5.69 Å². The standard InChI is InChI=1S/C26H18N4O2/c27-16-22(26(32)28-18-10-3-1-4-11-18)25(31)23-21-15-17-9-7-8-14-20(17)24(21)30(29-23)19-12-5-2-6-13-19/h1-14,31H,15H2,(H,28,32)/b25-22-. The first-order valence-electron chi connectivity index (χ1n) is 10.1. The van der Waals surface area contributed by atoms with Gasteiger partial charge in [-0.15, -0.1) is 0 Å². The Balaban J connectivity index is 1.65. The van der Waals surface area contributed by atoms with E-state index in [1.165, 1.54) is 0 Å². The topological polar surface area (TPSA) is 90.9 Å². The highest BCUT2D eigenvalue weighted by Crippen LogP contribution is 2.41. The Morgan fingerprint density at radius 3 is 2.34 bits per heavy atom. The first-order valence-corrected chi connectivity index (χ1v) is 10.1. The number of aliphatic hydroxyl groups excluding tert-OH is 1. The first-order chi connectivity index (χ1) is 15.7. The Morgan fingerprint density at radius 2 is 1.62 bits per heavy atom. The SMILES string of the molecule is N#C/C(C(=O)Nc1ccccc1)=C(/O)c1nn(-c2ccccc2)c2c1Cc1ccccc1-2. The number of nitrogens with zero attached hydrogens (tertiary/aromatic N) is 3. The first kappa shape index (κ1) is 19.3. The van der Waals surface area contributed by atoms with E-state index in [0.717, 1.165) is 28.1 Å². The van der Waals surface area contributed by atoms with Crippen molar-refractivity contribution in [2.45, 2.75) is 6.42 Å². The smallest absolute Gasteiger partial charge is 0.270 e. The number of rotatable bonds is 4. The van der Waals surface area contributed by atoms with Crippen LogP contribution < -0.4 is 5.32 Å². The molecule has 32 heavy (non-hydrogen) atoms. The Morgan fingerprint density at radius 1 is 0.969 bits per heavy atom. The number of carbonyl (C=O) groups excluding carboxylic acids is 1. The van der Waals surface area contributed by atoms with E-state index >= 15 is 0 Å². The molecule has 0 bridgehead atoms. The van der Waals surface area contributed by atoms with Crippen LogP contribution in [0.15, 0.2) is 90.5 Å². The van der Waals surface area contributed by atoms with E-state index in [9.17, 15) is 15.2 Å². The Bertz CT molecular complexity index is 1400. The van der Waals surface area contributed by atoms with Gasteiger partial charge in [-0.05, 0) is 29.8 Å². The lowest BCUT2D eigenvalue weighted by Crippen LogP contribution is -2.15. The number of aromatic nitrogens is 2. The number of nitrogens with one attached hydrogen (secondary N) is 1. The van der Waals surface area contributed by atoms with Gasteiger partial charge in [0, 0.05) is 23.2 Å². The summed E-state index contributed by atoms with van der Waals surface area (Å²) in [5.74, 6) is -1.12. The van der Waals surface area contributed by atoms with E-state index in [1.807, 2.05) is 66.7 Å². The highest BCUT2D eigenvalue weighted by Gasteiger charge is 2.31. The maximum atomic E-state index is 12.8. The Kier molecular flexibility index (Phi) is 4.77. The molecule has 3 aromatic carbocycles. The zero-order chi connectivity index (χ0) is 22.1. The molecule has 1 amide bonds. The number of amides is 1. The molecular formula is C26H18N4O2. The molecule has 5 rings (SSSR count). The minimum Gasteiger partial charge on any atom is -0.504 e. The summed E-state index contributed by atoms with van der Waals surface area (Å²) in [7, 11) is 0. The van der Waals surface area contributed by atoms with E-state index in [2.05, 4.69) is 10.4 Å². The van der Waals surface area contributed by atoms with Crippen LogP contribution in [0.1, 0.15) is 16.8 Å². The van der Waals surface area contributed by atoms with Gasteiger partial charge in [0.15, 0.2) is 11.3 Å². The molecule has 1 aliphatic carbocycles. The number of benzene rings is 3. The molecule has 0 spiro atoms. The van der Waals surface area contributed by atoms with Gasteiger partial charge in [0.2, 0.25) is 0 Å². The van der Waals surface area contributed by atoms with Crippen LogP contribution in [0.5, 0.6) is 0 Å². The van der Waals surface area contributed by atoms with Crippen LogP contribution >= 0.6 is 0 Å². The van der Waals surface area contributed by atoms with Gasteiger partial charge in [-0.3, -0.25) is 4.79 Å². The average molecular weight is 418 g/mol. The number of hydrogen-bond acceptors (Lipinski definition) is 4. The van der Waals surface area contributed by atoms with Crippen molar-refractivity contribution in [1.82, 2.24) is 9.78 Å². The van der Waals surface area contributed by atoms with Crippen molar-refractivity contribution in [3.63, 3.8) is 0 Å². The van der Waals surface area contributed by atoms with Gasteiger partial charge in [-0.1, -0.05) is 60.7 Å². The fourth-order valence-electron chi connectivity index (χ4n) is 3.98. The van der Waals surface area contributed by atoms with Gasteiger partial charge in [-0.2, -0.15) is 10.4 Å². The van der Waals surface area contributed by atoms with Crippen molar-refractivity contribution >= 4 is 17.4 Å². The summed E-state index contributed by atoms with van der Waals surface area (Å²) in [4.78, 5) is 12.8. The van der Waals surface area contributed by atoms with Crippen LogP contribution in [0, 0.1) is 11.3 Å². The van der Waals surface area contributed by atoms with Crippen molar-refractivity contribution < 1.29 is 9.90 Å². The number of para-hydroxylation sites is 2. The van der Waals surface area contributed by atoms with E-state index in [1.54, 1.807) is 28.9 Å². The second-order valence-electron chi connectivity index (χ2n) is 7.41. The molecule has 0 fully saturated rings. The fraction of sp³-hybridized carbons (Fsp3) is 0.0385. The summed E-state index contributed by atoms with van der Waals surface area (Å²) in [6, 6.07) is 28.2. The van der Waals surface area contributed by atoms with Crippen LogP contribution in [-0.2, 0) is 11.2 Å². The number of nitriles is 1. The van der Waals surface area contributed by atoms with Crippen LogP contribution in [0.2, 0.25) is 0 Å². The lowest BCUT2D eigenvalue weighted by molar-refractivity contribution is -0.112. The number of carbonyl (C=O) groups is 1. The maximum Gasteiger partial charge on any atom is 0.270 e. The third kappa shape index (κ3) is 3.22. The summed E-state index contributed by atoms with van der Waals surface area (Å²) < 4.78 is 1.76. The van der Waals surface area contributed by atoms with Crippen molar-refractivity contribution in [1.29, 1.82) is 5.26 Å². The summed E-state index contributed by atoms with van der Waals surface area (Å²) in [5.41, 5.74) is 4.97. The maximum absolute atomic E-state index is 12.8. The second-order valence-corrected chi connectivity index (χ2v) is 7.41. The highest BCUT2D eigenvalue weighted by molar-refractivity contribution is 6.11. The summed E-state index contributed by atoms with van der Waals surface area (Å²) >= 11 is 0. The van der Waals surface area contributed by atoms with Crippen molar-refractivity contribution in [3.05, 3.63) is 107 Å². The van der Waals surface area contributed by atoms with E-state index in [0.29, 0.717) is 12.1 Å². The quantitative estimate of drug-likeness (QED) is 0.247. The Hall–Kier alpha value is -4.63. The number of anilines is 1. The van der Waals surface area contributed by atoms with Crippen molar-refractivity contribution in [3.8, 4) is 23.0 Å². The summed E-state index contributed by atoms with van der Waals surface area (Å²) in [6.45, 7) is 0. The monoisotopic (exact) mass is 418 g/mol. The van der Waals surface area contributed by atoms with E-state index in [-0.39, 0.29) is 11.3 Å². The molecule has 2 N–H and O–H groups in total. The third-order valence-corrected chi connectivity index (χ3v) is 5.46. The molecule has 154 valence electrons. The zero-order valence-electron chi connectivity index (χ0n) is 17.0. The lowest BCUT2D eigenvalue weighted by Gasteiger charge is -2.08. The van der Waals surface area contributed by atoms with Crippen LogP contribution in [-0.4, -0.2) is 20.8 Å².